The quantitative estimate of drug-likeness (QED) is 0.0510. The number of unbranched alkanes of at least 4 members (excludes halogenated alkanes) is 33. The van der Waals surface area contributed by atoms with Gasteiger partial charge < -0.3 is 0 Å². The molecule has 0 N–H and O–H groups in total. The van der Waals surface area contributed by atoms with E-state index in [0.717, 1.165) is 24.8 Å². The maximum Gasteiger partial charge on any atom is 0.298 e. The Balaban J connectivity index is 1.70. The zero-order valence-corrected chi connectivity index (χ0v) is 33.6. The highest BCUT2D eigenvalue weighted by atomic mass is 35.5. The summed E-state index contributed by atoms with van der Waals surface area (Å²) in [5, 5.41) is 0.258. The van der Waals surface area contributed by atoms with Crippen molar-refractivity contribution in [3.05, 3.63) is 28.8 Å². The van der Waals surface area contributed by atoms with Crippen molar-refractivity contribution in [1.29, 1.82) is 0 Å². The molecule has 0 fully saturated rings. The highest BCUT2D eigenvalue weighted by molar-refractivity contribution is 7.86. The Kier molecular flexibility index (Phi) is 31.8. The summed E-state index contributed by atoms with van der Waals surface area (Å²) in [5.41, 5.74) is 0.743. The first-order valence-corrected chi connectivity index (χ1v) is 22.9. The van der Waals surface area contributed by atoms with E-state index in [1.165, 1.54) is 205 Å². The minimum atomic E-state index is -3.78. The molecule has 5 heteroatoms. The molecule has 0 aromatic heterocycles. The minimum absolute atomic E-state index is 0.0744. The fraction of sp³-hybridized carbons (Fsp3) is 0.860. The van der Waals surface area contributed by atoms with E-state index in [0.29, 0.717) is 0 Å². The summed E-state index contributed by atoms with van der Waals surface area (Å²) in [5.74, 6) is 0. The van der Waals surface area contributed by atoms with Gasteiger partial charge in [0.2, 0.25) is 0 Å². The summed E-state index contributed by atoms with van der Waals surface area (Å²) >= 11 is 6.15. The van der Waals surface area contributed by atoms with Crippen LogP contribution in [-0.4, -0.2) is 15.0 Å². The molecule has 1 aromatic rings. The van der Waals surface area contributed by atoms with Gasteiger partial charge in [-0.25, -0.2) is 0 Å². The summed E-state index contributed by atoms with van der Waals surface area (Å²) in [4.78, 5) is 0.0744. The summed E-state index contributed by atoms with van der Waals surface area (Å²) in [6.07, 6.45) is 47.3. The van der Waals surface area contributed by atoms with Gasteiger partial charge in [-0.05, 0) is 25.0 Å². The average Bonchev–Trinajstić information content (AvgIpc) is 3.07. The standard InChI is InChI=1S/C43H79ClO3S/c1-3-4-5-6-7-8-9-10-11-12-13-14-15-16-17-18-19-20-21-22-23-24-25-26-27-28-29-30-31-32-33-34-35-36-40-47-48(45,46)42-39-37-38-41(2)43(42)44/h37-39H,3-36,40H2,1-2H3. The molecule has 0 spiro atoms. The van der Waals surface area contributed by atoms with Gasteiger partial charge in [-0.15, -0.1) is 0 Å². The van der Waals surface area contributed by atoms with E-state index in [4.69, 9.17) is 15.8 Å². The smallest absolute Gasteiger partial charge is 0.266 e. The first kappa shape index (κ1) is 45.4. The molecule has 1 rings (SSSR count). The highest BCUT2D eigenvalue weighted by Gasteiger charge is 2.19. The van der Waals surface area contributed by atoms with Gasteiger partial charge in [-0.1, -0.05) is 243 Å². The molecular weight excluding hydrogens is 632 g/mol. The molecule has 48 heavy (non-hydrogen) atoms. The maximum absolute atomic E-state index is 12.4. The monoisotopic (exact) mass is 711 g/mol. The highest BCUT2D eigenvalue weighted by Crippen LogP contribution is 2.26. The van der Waals surface area contributed by atoms with Gasteiger partial charge in [0.15, 0.2) is 0 Å². The number of benzene rings is 1. The third kappa shape index (κ3) is 27.2. The molecule has 0 unspecified atom stereocenters. The third-order valence-electron chi connectivity index (χ3n) is 10.2. The zero-order chi connectivity index (χ0) is 34.8. The molecule has 0 aliphatic carbocycles. The number of hydrogen-bond acceptors (Lipinski definition) is 3. The van der Waals surface area contributed by atoms with Crippen molar-refractivity contribution < 1.29 is 12.6 Å². The summed E-state index contributed by atoms with van der Waals surface area (Å²) < 4.78 is 30.0. The molecule has 0 saturated carbocycles. The van der Waals surface area contributed by atoms with Crippen LogP contribution >= 0.6 is 11.6 Å². The molecule has 0 amide bonds. The van der Waals surface area contributed by atoms with Gasteiger partial charge >= 0.3 is 0 Å². The van der Waals surface area contributed by atoms with E-state index in [9.17, 15) is 8.42 Å². The Morgan fingerprint density at radius 1 is 0.458 bits per heavy atom. The van der Waals surface area contributed by atoms with Gasteiger partial charge in [0.1, 0.15) is 4.90 Å². The van der Waals surface area contributed by atoms with Crippen LogP contribution in [0.15, 0.2) is 23.1 Å². The SMILES string of the molecule is CCCCCCCCCCCCCCCCCCCCCCCCCCCCCCCCCCCCOS(=O)(=O)c1cccc(C)c1Cl. The van der Waals surface area contributed by atoms with E-state index < -0.39 is 10.1 Å². The first-order chi connectivity index (χ1) is 23.5. The minimum Gasteiger partial charge on any atom is -0.266 e. The van der Waals surface area contributed by atoms with Gasteiger partial charge in [0, 0.05) is 0 Å². The van der Waals surface area contributed by atoms with Crippen molar-refractivity contribution in [2.75, 3.05) is 6.61 Å². The number of aryl methyl sites for hydroxylation is 1. The summed E-state index contributed by atoms with van der Waals surface area (Å²) in [7, 11) is -3.78. The third-order valence-corrected chi connectivity index (χ3v) is 12.1. The van der Waals surface area contributed by atoms with Gasteiger partial charge in [-0.3, -0.25) is 4.18 Å². The molecular formula is C43H79ClO3S. The Hall–Kier alpha value is -0.580. The van der Waals surface area contributed by atoms with Crippen LogP contribution in [0.2, 0.25) is 5.02 Å². The lowest BCUT2D eigenvalue weighted by atomic mass is 10.0. The Morgan fingerprint density at radius 3 is 1.02 bits per heavy atom. The summed E-state index contributed by atoms with van der Waals surface area (Å²) in [6, 6.07) is 5.00. The van der Waals surface area contributed by atoms with Crippen molar-refractivity contribution in [2.45, 2.75) is 237 Å². The van der Waals surface area contributed by atoms with E-state index in [2.05, 4.69) is 6.92 Å². The largest absolute Gasteiger partial charge is 0.298 e. The number of hydrogen-bond donors (Lipinski definition) is 0. The van der Waals surface area contributed by atoms with Crippen LogP contribution < -0.4 is 0 Å². The zero-order valence-electron chi connectivity index (χ0n) is 32.0. The Labute approximate surface area is 305 Å². The second-order valence-electron chi connectivity index (χ2n) is 14.8. The lowest BCUT2D eigenvalue weighted by molar-refractivity contribution is 0.306. The van der Waals surface area contributed by atoms with E-state index in [-0.39, 0.29) is 16.5 Å². The van der Waals surface area contributed by atoms with Crippen LogP contribution in [0, 0.1) is 6.92 Å². The molecule has 0 aliphatic rings. The van der Waals surface area contributed by atoms with Crippen molar-refractivity contribution in [3.63, 3.8) is 0 Å². The van der Waals surface area contributed by atoms with Crippen LogP contribution in [0.25, 0.3) is 0 Å². The molecule has 0 aliphatic heterocycles. The topological polar surface area (TPSA) is 43.4 Å². The van der Waals surface area contributed by atoms with Crippen LogP contribution in [0.5, 0.6) is 0 Å². The van der Waals surface area contributed by atoms with E-state index in [1.54, 1.807) is 19.1 Å². The van der Waals surface area contributed by atoms with Crippen molar-refractivity contribution in [3.8, 4) is 0 Å². The molecule has 0 heterocycles. The molecule has 1 aromatic carbocycles. The Bertz CT molecular complexity index is 932. The fourth-order valence-electron chi connectivity index (χ4n) is 6.88. The first-order valence-electron chi connectivity index (χ1n) is 21.1. The van der Waals surface area contributed by atoms with Crippen LogP contribution in [0.4, 0.5) is 0 Å². The van der Waals surface area contributed by atoms with Crippen LogP contribution in [-0.2, 0) is 14.3 Å². The normalized spacial score (nSPS) is 11.9. The molecule has 282 valence electrons. The van der Waals surface area contributed by atoms with Crippen LogP contribution in [0.1, 0.15) is 231 Å². The fourth-order valence-corrected chi connectivity index (χ4v) is 8.38. The van der Waals surface area contributed by atoms with E-state index in [1.807, 2.05) is 0 Å². The second kappa shape index (κ2) is 33.6. The predicted molar refractivity (Wildman–Crippen MR) is 212 cm³/mol. The molecule has 0 radical (unpaired) electrons. The second-order valence-corrected chi connectivity index (χ2v) is 16.8. The van der Waals surface area contributed by atoms with Gasteiger partial charge in [0.25, 0.3) is 10.1 Å². The van der Waals surface area contributed by atoms with Gasteiger partial charge in [0.05, 0.1) is 11.6 Å². The van der Waals surface area contributed by atoms with Crippen molar-refractivity contribution in [1.82, 2.24) is 0 Å². The van der Waals surface area contributed by atoms with Crippen molar-refractivity contribution >= 4 is 21.7 Å². The average molecular weight is 712 g/mol. The number of rotatable bonds is 37. The van der Waals surface area contributed by atoms with E-state index >= 15 is 0 Å². The van der Waals surface area contributed by atoms with Crippen LogP contribution in [0.3, 0.4) is 0 Å². The van der Waals surface area contributed by atoms with Gasteiger partial charge in [-0.2, -0.15) is 8.42 Å². The molecule has 3 nitrogen and oxygen atoms in total. The lowest BCUT2D eigenvalue weighted by Gasteiger charge is -2.08. The van der Waals surface area contributed by atoms with Crippen molar-refractivity contribution in [2.24, 2.45) is 0 Å². The molecule has 0 bridgehead atoms. The molecule has 0 atom stereocenters. The summed E-state index contributed by atoms with van der Waals surface area (Å²) in [6.45, 7) is 4.33. The molecule has 0 saturated heterocycles. The lowest BCUT2D eigenvalue weighted by Crippen LogP contribution is -2.08. The number of halogens is 1. The Morgan fingerprint density at radius 2 is 0.729 bits per heavy atom. The maximum atomic E-state index is 12.4. The predicted octanol–water partition coefficient (Wildman–Crippen LogP) is 15.6.